The molecule has 0 spiro atoms. The minimum atomic E-state index is -1.92. The van der Waals surface area contributed by atoms with E-state index in [9.17, 15) is 8.76 Å². The number of allylic oxidation sites excluding steroid dienone is 4. The minimum absolute atomic E-state index is 0.169. The summed E-state index contributed by atoms with van der Waals surface area (Å²) in [6, 6.07) is 0. The van der Waals surface area contributed by atoms with Crippen LogP contribution in [0.5, 0.6) is 0 Å². The molecule has 0 aromatic rings. The maximum Gasteiger partial charge on any atom is 0.0284 e. The van der Waals surface area contributed by atoms with Gasteiger partial charge in [-0.1, -0.05) is 42.3 Å². The lowest BCUT2D eigenvalue weighted by atomic mass is 9.71. The standard InChI is InChI=1S/C11H16O2S/c1-8-6-7-11(14(12)13)10-5-3-2-4-9(8)10/h2-5,8-11H,6-7H2,1H3,(H,12,13)/p-1. The lowest BCUT2D eigenvalue weighted by Crippen LogP contribution is -2.38. The Hall–Kier alpha value is -0.410. The van der Waals surface area contributed by atoms with E-state index in [0.29, 0.717) is 11.8 Å². The summed E-state index contributed by atoms with van der Waals surface area (Å²) in [5.41, 5.74) is 0. The van der Waals surface area contributed by atoms with E-state index in [-0.39, 0.29) is 11.2 Å². The van der Waals surface area contributed by atoms with Gasteiger partial charge in [-0.2, -0.15) is 0 Å². The molecule has 5 atom stereocenters. The SMILES string of the molecule is CC1CCC(S(=O)[O-])C2C=CC=CC12. The van der Waals surface area contributed by atoms with Crippen molar-refractivity contribution in [2.75, 3.05) is 0 Å². The summed E-state index contributed by atoms with van der Waals surface area (Å²) in [5, 5.41) is -0.169. The molecule has 0 aliphatic heterocycles. The monoisotopic (exact) mass is 211 g/mol. The van der Waals surface area contributed by atoms with Gasteiger partial charge in [0.25, 0.3) is 0 Å². The minimum Gasteiger partial charge on any atom is -0.772 e. The zero-order valence-corrected chi connectivity index (χ0v) is 9.07. The zero-order valence-electron chi connectivity index (χ0n) is 8.26. The molecule has 0 heterocycles. The van der Waals surface area contributed by atoms with Crippen molar-refractivity contribution in [2.45, 2.75) is 25.0 Å². The van der Waals surface area contributed by atoms with E-state index in [2.05, 4.69) is 19.1 Å². The topological polar surface area (TPSA) is 40.1 Å². The van der Waals surface area contributed by atoms with Crippen molar-refractivity contribution in [3.05, 3.63) is 24.3 Å². The summed E-state index contributed by atoms with van der Waals surface area (Å²) in [6.07, 6.45) is 10.1. The summed E-state index contributed by atoms with van der Waals surface area (Å²) in [5.74, 6) is 1.25. The van der Waals surface area contributed by atoms with E-state index < -0.39 is 11.1 Å². The van der Waals surface area contributed by atoms with Crippen LogP contribution >= 0.6 is 0 Å². The molecule has 2 aliphatic rings. The Morgan fingerprint density at radius 2 is 1.86 bits per heavy atom. The smallest absolute Gasteiger partial charge is 0.0284 e. The second kappa shape index (κ2) is 3.99. The normalized spacial score (nSPS) is 43.3. The Balaban J connectivity index is 2.22. The van der Waals surface area contributed by atoms with Crippen LogP contribution in [0.25, 0.3) is 0 Å². The molecule has 5 unspecified atom stereocenters. The van der Waals surface area contributed by atoms with Crippen LogP contribution in [0.15, 0.2) is 24.3 Å². The molecule has 3 heteroatoms. The molecule has 0 amide bonds. The van der Waals surface area contributed by atoms with Gasteiger partial charge in [0.2, 0.25) is 0 Å². The Kier molecular flexibility index (Phi) is 2.88. The summed E-state index contributed by atoms with van der Waals surface area (Å²) < 4.78 is 22.1. The van der Waals surface area contributed by atoms with Crippen LogP contribution in [0.3, 0.4) is 0 Å². The third-order valence-corrected chi connectivity index (χ3v) is 4.51. The number of hydrogen-bond acceptors (Lipinski definition) is 2. The molecule has 0 bridgehead atoms. The summed E-state index contributed by atoms with van der Waals surface area (Å²) >= 11 is -1.92. The van der Waals surface area contributed by atoms with Gasteiger partial charge in [0, 0.05) is 5.25 Å². The van der Waals surface area contributed by atoms with Crippen LogP contribution in [0.4, 0.5) is 0 Å². The Morgan fingerprint density at radius 1 is 1.21 bits per heavy atom. The predicted molar refractivity (Wildman–Crippen MR) is 56.4 cm³/mol. The van der Waals surface area contributed by atoms with Crippen molar-refractivity contribution in [1.82, 2.24) is 0 Å². The fraction of sp³-hybridized carbons (Fsp3) is 0.636. The first-order chi connectivity index (χ1) is 6.70. The van der Waals surface area contributed by atoms with Crippen molar-refractivity contribution in [2.24, 2.45) is 17.8 Å². The maximum absolute atomic E-state index is 11.1. The molecule has 2 rings (SSSR count). The highest BCUT2D eigenvalue weighted by Gasteiger charge is 2.35. The van der Waals surface area contributed by atoms with E-state index in [4.69, 9.17) is 0 Å². The van der Waals surface area contributed by atoms with Gasteiger partial charge in [0.05, 0.1) is 0 Å². The molecular formula is C11H15O2S-. The third-order valence-electron chi connectivity index (χ3n) is 3.46. The van der Waals surface area contributed by atoms with E-state index in [0.717, 1.165) is 12.8 Å². The van der Waals surface area contributed by atoms with Crippen LogP contribution in [-0.2, 0) is 11.1 Å². The molecule has 0 radical (unpaired) electrons. The highest BCUT2D eigenvalue weighted by molar-refractivity contribution is 7.79. The van der Waals surface area contributed by atoms with Gasteiger partial charge in [-0.15, -0.1) is 0 Å². The largest absolute Gasteiger partial charge is 0.772 e. The molecule has 2 nitrogen and oxygen atoms in total. The van der Waals surface area contributed by atoms with Gasteiger partial charge in [-0.25, -0.2) is 0 Å². The maximum atomic E-state index is 11.1. The molecule has 1 saturated carbocycles. The summed E-state index contributed by atoms with van der Waals surface area (Å²) in [7, 11) is 0. The van der Waals surface area contributed by atoms with Gasteiger partial charge in [0.1, 0.15) is 0 Å². The zero-order chi connectivity index (χ0) is 10.1. The Labute approximate surface area is 87.4 Å². The van der Waals surface area contributed by atoms with Crippen molar-refractivity contribution >= 4 is 11.1 Å². The molecule has 14 heavy (non-hydrogen) atoms. The van der Waals surface area contributed by atoms with Crippen molar-refractivity contribution in [1.29, 1.82) is 0 Å². The summed E-state index contributed by atoms with van der Waals surface area (Å²) in [6.45, 7) is 2.21. The lowest BCUT2D eigenvalue weighted by molar-refractivity contribution is 0.244. The van der Waals surface area contributed by atoms with Gasteiger partial charge in [0.15, 0.2) is 0 Å². The average molecular weight is 211 g/mol. The quantitative estimate of drug-likeness (QED) is 0.622. The fourth-order valence-electron chi connectivity index (χ4n) is 2.62. The molecule has 0 saturated heterocycles. The van der Waals surface area contributed by atoms with Gasteiger partial charge >= 0.3 is 0 Å². The molecule has 78 valence electrons. The highest BCUT2D eigenvalue weighted by atomic mass is 32.2. The van der Waals surface area contributed by atoms with E-state index in [1.807, 2.05) is 12.2 Å². The first-order valence-electron chi connectivity index (χ1n) is 5.13. The highest BCUT2D eigenvalue weighted by Crippen LogP contribution is 2.40. The Morgan fingerprint density at radius 3 is 2.50 bits per heavy atom. The van der Waals surface area contributed by atoms with E-state index >= 15 is 0 Å². The fourth-order valence-corrected chi connectivity index (χ4v) is 3.48. The number of rotatable bonds is 1. The Bertz CT molecular complexity index is 294. The van der Waals surface area contributed by atoms with Crippen LogP contribution in [-0.4, -0.2) is 14.0 Å². The molecule has 1 fully saturated rings. The van der Waals surface area contributed by atoms with E-state index in [1.165, 1.54) is 0 Å². The van der Waals surface area contributed by atoms with Crippen molar-refractivity contribution in [3.63, 3.8) is 0 Å². The first kappa shape index (κ1) is 10.1. The van der Waals surface area contributed by atoms with Gasteiger partial charge in [-0.05, 0) is 30.6 Å². The first-order valence-corrected chi connectivity index (χ1v) is 6.27. The molecular weight excluding hydrogens is 196 g/mol. The molecule has 0 aromatic heterocycles. The number of hydrogen-bond donors (Lipinski definition) is 0. The van der Waals surface area contributed by atoms with Crippen LogP contribution < -0.4 is 0 Å². The second-order valence-corrected chi connectivity index (χ2v) is 5.40. The third kappa shape index (κ3) is 1.71. The average Bonchev–Trinajstić information content (AvgIpc) is 2.18. The number of fused-ring (bicyclic) bond motifs is 1. The van der Waals surface area contributed by atoms with Crippen LogP contribution in [0.1, 0.15) is 19.8 Å². The van der Waals surface area contributed by atoms with E-state index in [1.54, 1.807) is 0 Å². The van der Waals surface area contributed by atoms with Crippen LogP contribution in [0, 0.1) is 17.8 Å². The molecule has 2 aliphatic carbocycles. The molecule has 0 aromatic carbocycles. The van der Waals surface area contributed by atoms with Gasteiger partial charge in [-0.3, -0.25) is 4.21 Å². The van der Waals surface area contributed by atoms with Gasteiger partial charge < -0.3 is 4.55 Å². The molecule has 0 N–H and O–H groups in total. The summed E-state index contributed by atoms with van der Waals surface area (Å²) in [4.78, 5) is 0. The van der Waals surface area contributed by atoms with Crippen LogP contribution in [0.2, 0.25) is 0 Å². The second-order valence-electron chi connectivity index (χ2n) is 4.28. The predicted octanol–water partition coefficient (Wildman–Crippen LogP) is 2.02. The van der Waals surface area contributed by atoms with Crippen molar-refractivity contribution < 1.29 is 8.76 Å². The lowest BCUT2D eigenvalue weighted by Gasteiger charge is -2.41. The van der Waals surface area contributed by atoms with Crippen molar-refractivity contribution in [3.8, 4) is 0 Å².